The highest BCUT2D eigenvalue weighted by atomic mass is 16.5. The molecule has 1 aliphatic heterocycles. The third kappa shape index (κ3) is 2.02. The molecule has 4 rings (SSSR count). The van der Waals surface area contributed by atoms with Gasteiger partial charge in [-0.2, -0.15) is 10.1 Å². The molecule has 2 aromatic heterocycles. The largest absolute Gasteiger partial charge is 0.339 e. The molecular formula is C16H21N5O2. The number of aromatic amines is 1. The molecule has 1 saturated carbocycles. The van der Waals surface area contributed by atoms with Crippen molar-refractivity contribution in [3.8, 4) is 0 Å². The van der Waals surface area contributed by atoms with Gasteiger partial charge < -0.3 is 9.42 Å². The molecule has 7 heteroatoms. The van der Waals surface area contributed by atoms with Gasteiger partial charge in [-0.25, -0.2) is 0 Å². The second kappa shape index (κ2) is 4.91. The lowest BCUT2D eigenvalue weighted by Crippen LogP contribution is -2.35. The smallest absolute Gasteiger partial charge is 0.274 e. The number of carbonyl (C=O) groups excluding carboxylic acids is 1. The van der Waals surface area contributed by atoms with E-state index in [0.717, 1.165) is 37.1 Å². The highest BCUT2D eigenvalue weighted by Gasteiger charge is 2.55. The van der Waals surface area contributed by atoms with Crippen molar-refractivity contribution in [2.24, 2.45) is 5.92 Å². The number of carbonyl (C=O) groups is 1. The summed E-state index contributed by atoms with van der Waals surface area (Å²) in [5.74, 6) is 1.75. The fourth-order valence-electron chi connectivity index (χ4n) is 4.14. The second-order valence-corrected chi connectivity index (χ2v) is 6.90. The molecule has 2 aliphatic rings. The summed E-state index contributed by atoms with van der Waals surface area (Å²) in [4.78, 5) is 19.3. The van der Waals surface area contributed by atoms with E-state index in [1.807, 2.05) is 25.7 Å². The van der Waals surface area contributed by atoms with Crippen molar-refractivity contribution in [1.29, 1.82) is 0 Å². The first-order valence-corrected chi connectivity index (χ1v) is 8.13. The maximum atomic E-state index is 12.9. The molecule has 1 amide bonds. The Hall–Kier alpha value is -2.18. The Bertz CT molecular complexity index is 764. The minimum absolute atomic E-state index is 0.00291. The first kappa shape index (κ1) is 14.4. The molecule has 2 aromatic rings. The summed E-state index contributed by atoms with van der Waals surface area (Å²) in [7, 11) is 0. The molecule has 23 heavy (non-hydrogen) atoms. The molecule has 0 bridgehead atoms. The number of nitrogens with zero attached hydrogens (tertiary/aromatic N) is 4. The summed E-state index contributed by atoms with van der Waals surface area (Å²) in [6, 6.07) is 0. The van der Waals surface area contributed by atoms with E-state index in [0.29, 0.717) is 29.9 Å². The van der Waals surface area contributed by atoms with Crippen molar-refractivity contribution < 1.29 is 9.32 Å². The van der Waals surface area contributed by atoms with Gasteiger partial charge in [-0.05, 0) is 39.5 Å². The Kier molecular flexibility index (Phi) is 3.08. The van der Waals surface area contributed by atoms with Gasteiger partial charge in [-0.1, -0.05) is 11.6 Å². The molecule has 122 valence electrons. The number of nitrogens with one attached hydrogen (secondary N) is 1. The Balaban J connectivity index is 1.65. The molecule has 7 nitrogen and oxygen atoms in total. The standard InChI is InChI=1S/C16H21N5O2/c1-9-10(2)18-19-13(9)14(22)21-7-12-5-4-6-16(12,8-21)15-17-11(3)20-23-15/h12H,4-8H2,1-3H3,(H,18,19)/t12-,16-/m0/s1. The van der Waals surface area contributed by atoms with Crippen LogP contribution < -0.4 is 0 Å². The zero-order chi connectivity index (χ0) is 16.2. The van der Waals surface area contributed by atoms with Crippen LogP contribution in [0.1, 0.15) is 52.7 Å². The van der Waals surface area contributed by atoms with Gasteiger partial charge in [0, 0.05) is 24.3 Å². The van der Waals surface area contributed by atoms with Gasteiger partial charge in [0.1, 0.15) is 0 Å². The molecule has 3 heterocycles. The molecule has 0 radical (unpaired) electrons. The van der Waals surface area contributed by atoms with E-state index in [9.17, 15) is 4.79 Å². The first-order valence-electron chi connectivity index (χ1n) is 8.13. The quantitative estimate of drug-likeness (QED) is 0.914. The highest BCUT2D eigenvalue weighted by Crippen LogP contribution is 2.50. The third-order valence-electron chi connectivity index (χ3n) is 5.57. The lowest BCUT2D eigenvalue weighted by molar-refractivity contribution is 0.0768. The topological polar surface area (TPSA) is 87.9 Å². The Morgan fingerprint density at radius 1 is 1.39 bits per heavy atom. The van der Waals surface area contributed by atoms with E-state index in [2.05, 4.69) is 20.3 Å². The maximum Gasteiger partial charge on any atom is 0.274 e. The van der Waals surface area contributed by atoms with Crippen LogP contribution >= 0.6 is 0 Å². The number of hydrogen-bond acceptors (Lipinski definition) is 5. The van der Waals surface area contributed by atoms with Gasteiger partial charge in [-0.3, -0.25) is 9.89 Å². The van der Waals surface area contributed by atoms with Crippen molar-refractivity contribution in [1.82, 2.24) is 25.2 Å². The van der Waals surface area contributed by atoms with Gasteiger partial charge in [0.15, 0.2) is 11.5 Å². The lowest BCUT2D eigenvalue weighted by atomic mass is 9.80. The number of H-pyrrole nitrogens is 1. The van der Waals surface area contributed by atoms with Crippen molar-refractivity contribution in [2.45, 2.75) is 45.4 Å². The van der Waals surface area contributed by atoms with E-state index in [4.69, 9.17) is 4.52 Å². The van der Waals surface area contributed by atoms with Gasteiger partial charge in [-0.15, -0.1) is 0 Å². The van der Waals surface area contributed by atoms with Crippen LogP contribution in [0.3, 0.4) is 0 Å². The SMILES string of the molecule is Cc1noc([C@]23CCC[C@H]2CN(C(=O)c2n[nH]c(C)c2C)C3)n1. The third-order valence-corrected chi connectivity index (χ3v) is 5.57. The Labute approximate surface area is 134 Å². The van der Waals surface area contributed by atoms with Crippen LogP contribution in [-0.4, -0.2) is 44.2 Å². The number of fused-ring (bicyclic) bond motifs is 1. The van der Waals surface area contributed by atoms with Crippen LogP contribution in [-0.2, 0) is 5.41 Å². The van der Waals surface area contributed by atoms with Crippen molar-refractivity contribution in [3.05, 3.63) is 28.7 Å². The average molecular weight is 315 g/mol. The summed E-state index contributed by atoms with van der Waals surface area (Å²) >= 11 is 0. The Morgan fingerprint density at radius 2 is 2.22 bits per heavy atom. The molecule has 0 aromatic carbocycles. The summed E-state index contributed by atoms with van der Waals surface area (Å²) < 4.78 is 5.49. The summed E-state index contributed by atoms with van der Waals surface area (Å²) in [5.41, 5.74) is 2.22. The van der Waals surface area contributed by atoms with Crippen LogP contribution in [0, 0.1) is 26.7 Å². The van der Waals surface area contributed by atoms with E-state index in [1.165, 1.54) is 0 Å². The average Bonchev–Trinajstić information content (AvgIpc) is 3.23. The van der Waals surface area contributed by atoms with Crippen LogP contribution in [0.25, 0.3) is 0 Å². The minimum atomic E-state index is -0.170. The van der Waals surface area contributed by atoms with Crippen LogP contribution in [0.15, 0.2) is 4.52 Å². The molecule has 1 aliphatic carbocycles. The molecule has 2 atom stereocenters. The number of amides is 1. The highest BCUT2D eigenvalue weighted by molar-refractivity contribution is 5.94. The van der Waals surface area contributed by atoms with Crippen molar-refractivity contribution in [3.63, 3.8) is 0 Å². The molecule has 2 fully saturated rings. The molecule has 0 unspecified atom stereocenters. The van der Waals surface area contributed by atoms with Crippen molar-refractivity contribution >= 4 is 5.91 Å². The number of rotatable bonds is 2. The fourth-order valence-corrected chi connectivity index (χ4v) is 4.14. The molecule has 1 N–H and O–H groups in total. The van der Waals surface area contributed by atoms with Gasteiger partial charge in [0.05, 0.1) is 5.41 Å². The summed E-state index contributed by atoms with van der Waals surface area (Å²) in [5, 5.41) is 11.0. The summed E-state index contributed by atoms with van der Waals surface area (Å²) in [6.45, 7) is 7.08. The summed E-state index contributed by atoms with van der Waals surface area (Å²) in [6.07, 6.45) is 3.25. The van der Waals surface area contributed by atoms with E-state index < -0.39 is 0 Å². The van der Waals surface area contributed by atoms with E-state index >= 15 is 0 Å². The van der Waals surface area contributed by atoms with Gasteiger partial charge in [0.25, 0.3) is 5.91 Å². The van der Waals surface area contributed by atoms with Gasteiger partial charge >= 0.3 is 0 Å². The fraction of sp³-hybridized carbons (Fsp3) is 0.625. The maximum absolute atomic E-state index is 12.9. The Morgan fingerprint density at radius 3 is 2.87 bits per heavy atom. The van der Waals surface area contributed by atoms with E-state index in [-0.39, 0.29) is 11.3 Å². The predicted octanol–water partition coefficient (Wildman–Crippen LogP) is 1.91. The van der Waals surface area contributed by atoms with E-state index in [1.54, 1.807) is 0 Å². The molecule has 0 spiro atoms. The molecular weight excluding hydrogens is 294 g/mol. The van der Waals surface area contributed by atoms with Crippen LogP contribution in [0.5, 0.6) is 0 Å². The first-order chi connectivity index (χ1) is 11.0. The predicted molar refractivity (Wildman–Crippen MR) is 82.0 cm³/mol. The zero-order valence-electron chi connectivity index (χ0n) is 13.7. The lowest BCUT2D eigenvalue weighted by Gasteiger charge is -2.24. The second-order valence-electron chi connectivity index (χ2n) is 6.90. The number of likely N-dealkylation sites (tertiary alicyclic amines) is 1. The molecule has 1 saturated heterocycles. The van der Waals surface area contributed by atoms with Gasteiger partial charge in [0.2, 0.25) is 5.89 Å². The van der Waals surface area contributed by atoms with Crippen LogP contribution in [0.4, 0.5) is 0 Å². The minimum Gasteiger partial charge on any atom is -0.339 e. The number of aryl methyl sites for hydroxylation is 2. The number of hydrogen-bond donors (Lipinski definition) is 1. The monoisotopic (exact) mass is 315 g/mol. The number of aromatic nitrogens is 4. The van der Waals surface area contributed by atoms with Crippen LogP contribution in [0.2, 0.25) is 0 Å². The normalized spacial score (nSPS) is 26.7. The zero-order valence-corrected chi connectivity index (χ0v) is 13.7. The van der Waals surface area contributed by atoms with Crippen molar-refractivity contribution in [2.75, 3.05) is 13.1 Å².